The Kier molecular flexibility index (Phi) is 6.47. The maximum absolute atomic E-state index is 13.1. The van der Waals surface area contributed by atoms with Crippen LogP contribution in [0.4, 0.5) is 4.39 Å². The van der Waals surface area contributed by atoms with Crippen molar-refractivity contribution in [3.63, 3.8) is 0 Å². The molecule has 1 N–H and O–H groups in total. The summed E-state index contributed by atoms with van der Waals surface area (Å²) in [6, 6.07) is 7.37. The number of carbonyl (C=O) groups excluding carboxylic acids is 1. The number of amides is 1. The first-order valence-corrected chi connectivity index (χ1v) is 14.4. The topological polar surface area (TPSA) is 103 Å². The van der Waals surface area contributed by atoms with Crippen LogP contribution in [0.1, 0.15) is 74.9 Å². The molecule has 182 valence electrons. The summed E-state index contributed by atoms with van der Waals surface area (Å²) in [7, 11) is -1.95. The molecule has 1 aromatic carbocycles. The largest absolute Gasteiger partial charge is 0.422 e. The molecule has 0 radical (unpaired) electrons. The van der Waals surface area contributed by atoms with E-state index >= 15 is 0 Å². The van der Waals surface area contributed by atoms with Gasteiger partial charge < -0.3 is 18.7 Å². The van der Waals surface area contributed by atoms with Gasteiger partial charge in [-0.25, -0.2) is 4.39 Å². The van der Waals surface area contributed by atoms with Gasteiger partial charge in [-0.1, -0.05) is 25.9 Å². The molecule has 4 rings (SSSR count). The van der Waals surface area contributed by atoms with Gasteiger partial charge in [0, 0.05) is 23.6 Å². The number of carbonyl (C=O) groups is 1. The minimum atomic E-state index is -1.95. The van der Waals surface area contributed by atoms with Crippen molar-refractivity contribution in [3.05, 3.63) is 53.7 Å². The Balaban J connectivity index is 1.29. The van der Waals surface area contributed by atoms with Gasteiger partial charge in [0.2, 0.25) is 17.5 Å². The third-order valence-corrected chi connectivity index (χ3v) is 11.3. The molecule has 1 saturated carbocycles. The summed E-state index contributed by atoms with van der Waals surface area (Å²) in [5.74, 6) is 0.588. The van der Waals surface area contributed by atoms with Gasteiger partial charge in [0.05, 0.1) is 0 Å². The predicted octanol–water partition coefficient (Wildman–Crippen LogP) is 5.62. The van der Waals surface area contributed by atoms with E-state index in [1.807, 2.05) is 6.92 Å². The fourth-order valence-corrected chi connectivity index (χ4v) is 4.92. The van der Waals surface area contributed by atoms with Crippen molar-refractivity contribution < 1.29 is 22.6 Å². The number of hydrogen-bond donors (Lipinski definition) is 1. The van der Waals surface area contributed by atoms with Crippen LogP contribution in [0.15, 0.2) is 39.3 Å². The highest BCUT2D eigenvalue weighted by atomic mass is 28.4. The number of benzene rings is 1. The normalized spacial score (nSPS) is 19.5. The third kappa shape index (κ3) is 5.12. The summed E-state index contributed by atoms with van der Waals surface area (Å²) in [6.45, 7) is 12.9. The zero-order chi connectivity index (χ0) is 24.7. The van der Waals surface area contributed by atoms with E-state index in [-0.39, 0.29) is 40.6 Å². The van der Waals surface area contributed by atoms with Gasteiger partial charge in [-0.2, -0.15) is 0 Å². The van der Waals surface area contributed by atoms with Crippen LogP contribution in [0, 0.1) is 5.82 Å². The van der Waals surface area contributed by atoms with Crippen molar-refractivity contribution in [2.75, 3.05) is 0 Å². The minimum Gasteiger partial charge on any atom is -0.422 e. The molecule has 0 spiro atoms. The standard InChI is InChI=1S/C24H31FN4O4Si/c1-14(33-34(5,6)24(2,3)4)22-27-28-23(31-22)16-11-18(12-16)26-21(30)20-13-19(29-32-20)15-7-9-17(25)10-8-15/h7-10,13-14,16,18H,11-12H2,1-6H3,(H,26,30)/t14-,16?,18?/m1/s1. The maximum atomic E-state index is 13.1. The molecule has 1 aliphatic rings. The van der Waals surface area contributed by atoms with Crippen molar-refractivity contribution in [1.29, 1.82) is 0 Å². The molecule has 1 amide bonds. The number of hydrogen-bond acceptors (Lipinski definition) is 7. The number of rotatable bonds is 7. The van der Waals surface area contributed by atoms with Crippen molar-refractivity contribution in [2.45, 2.75) is 76.7 Å². The second-order valence-corrected chi connectivity index (χ2v) is 15.2. The van der Waals surface area contributed by atoms with Crippen LogP contribution in [-0.2, 0) is 4.43 Å². The van der Waals surface area contributed by atoms with E-state index in [1.54, 1.807) is 18.2 Å². The molecule has 2 heterocycles. The highest BCUT2D eigenvalue weighted by molar-refractivity contribution is 6.74. The molecule has 34 heavy (non-hydrogen) atoms. The number of aromatic nitrogens is 3. The predicted molar refractivity (Wildman–Crippen MR) is 126 cm³/mol. The Morgan fingerprint density at radius 1 is 1.21 bits per heavy atom. The smallest absolute Gasteiger partial charge is 0.290 e. The quantitative estimate of drug-likeness (QED) is 0.432. The van der Waals surface area contributed by atoms with E-state index in [1.165, 1.54) is 12.1 Å². The zero-order valence-electron chi connectivity index (χ0n) is 20.4. The third-order valence-electron chi connectivity index (χ3n) is 6.78. The molecule has 10 heteroatoms. The summed E-state index contributed by atoms with van der Waals surface area (Å²) < 4.78 is 30.5. The van der Waals surface area contributed by atoms with E-state index in [2.05, 4.69) is 54.5 Å². The highest BCUT2D eigenvalue weighted by Crippen LogP contribution is 2.40. The van der Waals surface area contributed by atoms with Crippen LogP contribution < -0.4 is 5.32 Å². The molecule has 1 aliphatic carbocycles. The SMILES string of the molecule is C[C@@H](O[Si](C)(C)C(C)(C)C)c1nnc(C2CC(NC(=O)c3cc(-c4ccc(F)cc4)no3)C2)o1. The van der Waals surface area contributed by atoms with Gasteiger partial charge in [-0.3, -0.25) is 4.79 Å². The van der Waals surface area contributed by atoms with Gasteiger partial charge in [0.1, 0.15) is 17.6 Å². The lowest BCUT2D eigenvalue weighted by Gasteiger charge is -2.37. The van der Waals surface area contributed by atoms with Crippen LogP contribution >= 0.6 is 0 Å². The second kappa shape index (κ2) is 9.07. The number of halogens is 1. The Hall–Kier alpha value is -2.85. The van der Waals surface area contributed by atoms with E-state index in [9.17, 15) is 9.18 Å². The Labute approximate surface area is 199 Å². The summed E-state index contributed by atoms with van der Waals surface area (Å²) in [4.78, 5) is 12.5. The molecule has 0 unspecified atom stereocenters. The second-order valence-electron chi connectivity index (χ2n) is 10.4. The average molecular weight is 487 g/mol. The van der Waals surface area contributed by atoms with Gasteiger partial charge in [0.25, 0.3) is 5.91 Å². The molecule has 8 nitrogen and oxygen atoms in total. The molecule has 0 saturated heterocycles. The lowest BCUT2D eigenvalue weighted by Crippen LogP contribution is -2.43. The molecule has 0 aliphatic heterocycles. The van der Waals surface area contributed by atoms with Crippen molar-refractivity contribution in [2.24, 2.45) is 0 Å². The lowest BCUT2D eigenvalue weighted by molar-refractivity contribution is 0.0864. The fourth-order valence-electron chi connectivity index (χ4n) is 3.58. The number of nitrogens with one attached hydrogen (secondary N) is 1. The molecular weight excluding hydrogens is 455 g/mol. The van der Waals surface area contributed by atoms with Crippen LogP contribution in [0.2, 0.25) is 18.1 Å². The molecule has 1 atom stereocenters. The first-order valence-electron chi connectivity index (χ1n) is 11.5. The summed E-state index contributed by atoms with van der Waals surface area (Å²) >= 11 is 0. The summed E-state index contributed by atoms with van der Waals surface area (Å²) in [5.41, 5.74) is 1.15. The average Bonchev–Trinajstić information content (AvgIpc) is 3.40. The van der Waals surface area contributed by atoms with Crippen molar-refractivity contribution in [3.8, 4) is 11.3 Å². The summed E-state index contributed by atoms with van der Waals surface area (Å²) in [5, 5.41) is 15.4. The highest BCUT2D eigenvalue weighted by Gasteiger charge is 2.40. The monoisotopic (exact) mass is 486 g/mol. The molecule has 2 aromatic heterocycles. The van der Waals surface area contributed by atoms with Gasteiger partial charge in [-0.05, 0) is 62.2 Å². The Morgan fingerprint density at radius 3 is 2.53 bits per heavy atom. The molecule has 0 bridgehead atoms. The Bertz CT molecular complexity index is 1150. The number of nitrogens with zero attached hydrogens (tertiary/aromatic N) is 3. The first kappa shape index (κ1) is 24.3. The van der Waals surface area contributed by atoms with Gasteiger partial charge in [0.15, 0.2) is 8.32 Å². The Morgan fingerprint density at radius 2 is 1.88 bits per heavy atom. The minimum absolute atomic E-state index is 0.0203. The van der Waals surface area contributed by atoms with E-state index in [0.717, 1.165) is 0 Å². The van der Waals surface area contributed by atoms with Crippen molar-refractivity contribution in [1.82, 2.24) is 20.7 Å². The van der Waals surface area contributed by atoms with E-state index < -0.39 is 8.32 Å². The molecule has 1 fully saturated rings. The van der Waals surface area contributed by atoms with Gasteiger partial charge in [-0.15, -0.1) is 10.2 Å². The summed E-state index contributed by atoms with van der Waals surface area (Å²) in [6.07, 6.45) is 1.13. The van der Waals surface area contributed by atoms with Crippen LogP contribution in [0.3, 0.4) is 0 Å². The zero-order valence-corrected chi connectivity index (χ0v) is 21.4. The van der Waals surface area contributed by atoms with Crippen molar-refractivity contribution >= 4 is 14.2 Å². The van der Waals surface area contributed by atoms with Crippen LogP contribution in [-0.4, -0.2) is 35.6 Å². The fraction of sp³-hybridized carbons (Fsp3) is 0.500. The van der Waals surface area contributed by atoms with Crippen LogP contribution in [0.25, 0.3) is 11.3 Å². The maximum Gasteiger partial charge on any atom is 0.290 e. The van der Waals surface area contributed by atoms with Gasteiger partial charge >= 0.3 is 0 Å². The molecular formula is C24H31FN4O4Si. The van der Waals surface area contributed by atoms with Crippen LogP contribution in [0.5, 0.6) is 0 Å². The van der Waals surface area contributed by atoms with E-state index in [4.69, 9.17) is 13.4 Å². The lowest BCUT2D eigenvalue weighted by atomic mass is 9.80. The van der Waals surface area contributed by atoms with E-state index in [0.29, 0.717) is 35.9 Å². The first-order chi connectivity index (χ1) is 15.9. The molecule has 3 aromatic rings.